The van der Waals surface area contributed by atoms with Crippen molar-refractivity contribution in [2.75, 3.05) is 18.4 Å². The Morgan fingerprint density at radius 3 is 2.21 bits per heavy atom. The van der Waals surface area contributed by atoms with Crippen molar-refractivity contribution < 1.29 is 9.59 Å². The Morgan fingerprint density at radius 2 is 1.61 bits per heavy atom. The highest BCUT2D eigenvalue weighted by Gasteiger charge is 2.15. The quantitative estimate of drug-likeness (QED) is 0.718. The minimum Gasteiger partial charge on any atom is -0.351 e. The van der Waals surface area contributed by atoms with E-state index in [2.05, 4.69) is 46.7 Å². The van der Waals surface area contributed by atoms with E-state index in [1.165, 1.54) is 31.5 Å². The fourth-order valence-corrected chi connectivity index (χ4v) is 3.37. The summed E-state index contributed by atoms with van der Waals surface area (Å²) in [6, 6.07) is 14.4. The number of nitrogens with two attached hydrogens (primary N) is 1. The second kappa shape index (κ2) is 9.37. The summed E-state index contributed by atoms with van der Waals surface area (Å²) in [6.07, 6.45) is 2.56. The molecule has 0 aliphatic carbocycles. The van der Waals surface area contributed by atoms with Gasteiger partial charge < -0.3 is 16.4 Å². The summed E-state index contributed by atoms with van der Waals surface area (Å²) in [5, 5.41) is 5.39. The Hall–Kier alpha value is -2.86. The van der Waals surface area contributed by atoms with Crippen molar-refractivity contribution in [3.05, 3.63) is 65.2 Å². The molecule has 28 heavy (non-hydrogen) atoms. The number of primary amides is 1. The van der Waals surface area contributed by atoms with E-state index in [1.807, 2.05) is 0 Å². The fraction of sp³-hybridized carbons (Fsp3) is 0.364. The Balaban J connectivity index is 1.47. The van der Waals surface area contributed by atoms with Crippen LogP contribution >= 0.6 is 0 Å². The summed E-state index contributed by atoms with van der Waals surface area (Å²) < 4.78 is 0. The fourth-order valence-electron chi connectivity index (χ4n) is 3.37. The minimum atomic E-state index is -0.629. The predicted molar refractivity (Wildman–Crippen MR) is 111 cm³/mol. The van der Waals surface area contributed by atoms with Crippen LogP contribution in [0.5, 0.6) is 0 Å². The maximum Gasteiger partial charge on any atom is 0.316 e. The zero-order valence-electron chi connectivity index (χ0n) is 16.3. The Bertz CT molecular complexity index is 794. The normalized spacial score (nSPS) is 15.2. The first-order chi connectivity index (χ1) is 13.5. The van der Waals surface area contributed by atoms with E-state index in [9.17, 15) is 9.59 Å². The van der Waals surface area contributed by atoms with Gasteiger partial charge in [0.05, 0.1) is 0 Å². The van der Waals surface area contributed by atoms with Crippen LogP contribution in [0, 0.1) is 5.92 Å². The molecule has 1 aliphatic rings. The van der Waals surface area contributed by atoms with Gasteiger partial charge in [-0.2, -0.15) is 0 Å². The maximum atomic E-state index is 12.3. The molecule has 3 rings (SSSR count). The average molecular weight is 380 g/mol. The molecular formula is C22H28N4O2. The molecule has 2 aromatic carbocycles. The molecule has 0 aromatic heterocycles. The molecule has 3 amide bonds. The maximum absolute atomic E-state index is 12.3. The van der Waals surface area contributed by atoms with Crippen LogP contribution in [0.1, 0.15) is 41.3 Å². The number of nitrogens with zero attached hydrogens (tertiary/aromatic N) is 1. The van der Waals surface area contributed by atoms with Crippen LogP contribution in [0.4, 0.5) is 10.5 Å². The molecule has 0 bridgehead atoms. The second-order valence-electron chi connectivity index (χ2n) is 7.52. The monoisotopic (exact) mass is 380 g/mol. The molecule has 6 nitrogen and oxygen atoms in total. The molecule has 1 heterocycles. The van der Waals surface area contributed by atoms with Gasteiger partial charge in [-0.1, -0.05) is 31.2 Å². The van der Waals surface area contributed by atoms with E-state index in [0.29, 0.717) is 17.8 Å². The number of amides is 3. The minimum absolute atomic E-state index is 0.155. The highest BCUT2D eigenvalue weighted by atomic mass is 16.2. The average Bonchev–Trinajstić information content (AvgIpc) is 2.69. The van der Waals surface area contributed by atoms with E-state index < -0.39 is 6.03 Å². The standard InChI is InChI=1S/C22H28N4O2/c1-16-10-12-26(13-11-16)15-18-4-2-17(3-5-18)14-24-21(27)19-6-8-20(9-7-19)25-22(23)28/h2-9,16H,10-15H2,1H3,(H,24,27)(H3,23,25,28). The van der Waals surface area contributed by atoms with Gasteiger partial charge >= 0.3 is 6.03 Å². The van der Waals surface area contributed by atoms with Crippen LogP contribution in [0.3, 0.4) is 0 Å². The number of hydrogen-bond donors (Lipinski definition) is 3. The third-order valence-corrected chi connectivity index (χ3v) is 5.17. The molecule has 2 aromatic rings. The van der Waals surface area contributed by atoms with E-state index in [1.54, 1.807) is 24.3 Å². The molecule has 1 saturated heterocycles. The van der Waals surface area contributed by atoms with Crippen LogP contribution < -0.4 is 16.4 Å². The van der Waals surface area contributed by atoms with Crippen LogP contribution in [-0.2, 0) is 13.1 Å². The number of piperidine rings is 1. The molecule has 6 heteroatoms. The number of rotatable bonds is 6. The molecule has 148 valence electrons. The molecule has 1 aliphatic heterocycles. The van der Waals surface area contributed by atoms with Gasteiger partial charge in [0, 0.05) is 24.3 Å². The largest absolute Gasteiger partial charge is 0.351 e. The van der Waals surface area contributed by atoms with E-state index in [0.717, 1.165) is 18.0 Å². The van der Waals surface area contributed by atoms with E-state index >= 15 is 0 Å². The lowest BCUT2D eigenvalue weighted by Gasteiger charge is -2.30. The molecule has 0 radical (unpaired) electrons. The lowest BCUT2D eigenvalue weighted by atomic mass is 9.99. The first kappa shape index (κ1) is 19.9. The van der Waals surface area contributed by atoms with Gasteiger partial charge in [0.1, 0.15) is 0 Å². The number of carbonyl (C=O) groups is 2. The van der Waals surface area contributed by atoms with Gasteiger partial charge in [-0.05, 0) is 67.2 Å². The number of urea groups is 1. The van der Waals surface area contributed by atoms with Crippen molar-refractivity contribution in [1.29, 1.82) is 0 Å². The Labute approximate surface area is 166 Å². The smallest absolute Gasteiger partial charge is 0.316 e. The van der Waals surface area contributed by atoms with Crippen molar-refractivity contribution >= 4 is 17.6 Å². The van der Waals surface area contributed by atoms with Gasteiger partial charge in [0.25, 0.3) is 5.91 Å². The third-order valence-electron chi connectivity index (χ3n) is 5.17. The molecule has 0 saturated carbocycles. The second-order valence-corrected chi connectivity index (χ2v) is 7.52. The van der Waals surface area contributed by atoms with Gasteiger partial charge in [-0.15, -0.1) is 0 Å². The zero-order chi connectivity index (χ0) is 19.9. The van der Waals surface area contributed by atoms with E-state index in [-0.39, 0.29) is 5.91 Å². The zero-order valence-corrected chi connectivity index (χ0v) is 16.3. The first-order valence-electron chi connectivity index (χ1n) is 9.74. The van der Waals surface area contributed by atoms with Gasteiger partial charge in [-0.25, -0.2) is 4.79 Å². The van der Waals surface area contributed by atoms with Crippen LogP contribution in [-0.4, -0.2) is 29.9 Å². The van der Waals surface area contributed by atoms with Crippen molar-refractivity contribution in [2.24, 2.45) is 11.7 Å². The third kappa shape index (κ3) is 5.82. The molecule has 0 unspecified atom stereocenters. The van der Waals surface area contributed by atoms with Crippen molar-refractivity contribution in [3.8, 4) is 0 Å². The van der Waals surface area contributed by atoms with Gasteiger partial charge in [0.15, 0.2) is 0 Å². The lowest BCUT2D eigenvalue weighted by Crippen LogP contribution is -2.32. The van der Waals surface area contributed by atoms with Gasteiger partial charge in [0.2, 0.25) is 0 Å². The number of carbonyl (C=O) groups excluding carboxylic acids is 2. The summed E-state index contributed by atoms with van der Waals surface area (Å²) in [4.78, 5) is 25.6. The number of hydrogen-bond acceptors (Lipinski definition) is 3. The van der Waals surface area contributed by atoms with Crippen molar-refractivity contribution in [3.63, 3.8) is 0 Å². The molecular weight excluding hydrogens is 352 g/mol. The predicted octanol–water partition coefficient (Wildman–Crippen LogP) is 3.34. The van der Waals surface area contributed by atoms with Crippen LogP contribution in [0.15, 0.2) is 48.5 Å². The van der Waals surface area contributed by atoms with Crippen LogP contribution in [0.25, 0.3) is 0 Å². The van der Waals surface area contributed by atoms with Crippen LogP contribution in [0.2, 0.25) is 0 Å². The SMILES string of the molecule is CC1CCN(Cc2ccc(CNC(=O)c3ccc(NC(N)=O)cc3)cc2)CC1. The molecule has 0 atom stereocenters. The number of nitrogens with one attached hydrogen (secondary N) is 2. The first-order valence-corrected chi connectivity index (χ1v) is 9.74. The molecule has 1 fully saturated rings. The lowest BCUT2D eigenvalue weighted by molar-refractivity contribution is 0.0951. The van der Waals surface area contributed by atoms with Gasteiger partial charge in [-0.3, -0.25) is 9.69 Å². The summed E-state index contributed by atoms with van der Waals surface area (Å²) >= 11 is 0. The summed E-state index contributed by atoms with van der Waals surface area (Å²) in [5.41, 5.74) is 8.54. The number of likely N-dealkylation sites (tertiary alicyclic amines) is 1. The highest BCUT2D eigenvalue weighted by molar-refractivity contribution is 5.95. The number of anilines is 1. The summed E-state index contributed by atoms with van der Waals surface area (Å²) in [7, 11) is 0. The number of benzene rings is 2. The molecule has 4 N–H and O–H groups in total. The van der Waals surface area contributed by atoms with Crippen molar-refractivity contribution in [2.45, 2.75) is 32.9 Å². The molecule has 0 spiro atoms. The topological polar surface area (TPSA) is 87.5 Å². The Morgan fingerprint density at radius 1 is 1.00 bits per heavy atom. The summed E-state index contributed by atoms with van der Waals surface area (Å²) in [6.45, 7) is 6.14. The van der Waals surface area contributed by atoms with E-state index in [4.69, 9.17) is 5.73 Å². The Kier molecular flexibility index (Phi) is 6.66. The highest BCUT2D eigenvalue weighted by Crippen LogP contribution is 2.18. The van der Waals surface area contributed by atoms with Crippen molar-refractivity contribution in [1.82, 2.24) is 10.2 Å². The summed E-state index contributed by atoms with van der Waals surface area (Å²) in [5.74, 6) is 0.690.